The summed E-state index contributed by atoms with van der Waals surface area (Å²) in [5, 5.41) is 11.8. The van der Waals surface area contributed by atoms with E-state index in [1.165, 1.54) is 12.8 Å². The number of hydrogen-bond donors (Lipinski definition) is 1. The molecule has 1 aromatic heterocycles. The van der Waals surface area contributed by atoms with Gasteiger partial charge in [0.2, 0.25) is 0 Å². The van der Waals surface area contributed by atoms with Gasteiger partial charge in [0.25, 0.3) is 0 Å². The van der Waals surface area contributed by atoms with Crippen molar-refractivity contribution in [3.05, 3.63) is 36.2 Å². The second kappa shape index (κ2) is 5.40. The topological polar surface area (TPSA) is 52.0 Å². The standard InChI is InChI=1S/C14H18N4O/c1-2-19-14-5-3-4-13(8-14)18-10-12(16-17-18)9-15-11-6-7-11/h3-5,8,10-11,15H,2,6-7,9H2,1H3. The number of nitrogens with zero attached hydrogens (tertiary/aromatic N) is 3. The van der Waals surface area contributed by atoms with Gasteiger partial charge in [0, 0.05) is 18.7 Å². The summed E-state index contributed by atoms with van der Waals surface area (Å²) in [6, 6.07) is 8.56. The summed E-state index contributed by atoms with van der Waals surface area (Å²) in [5.74, 6) is 0.855. The molecule has 5 heteroatoms. The van der Waals surface area contributed by atoms with Crippen LogP contribution in [0, 0.1) is 0 Å². The van der Waals surface area contributed by atoms with Crippen molar-refractivity contribution in [3.63, 3.8) is 0 Å². The zero-order chi connectivity index (χ0) is 13.1. The second-order valence-corrected chi connectivity index (χ2v) is 4.74. The first kappa shape index (κ1) is 12.2. The SMILES string of the molecule is CCOc1cccc(-n2cc(CNC3CC3)nn2)c1. The van der Waals surface area contributed by atoms with Gasteiger partial charge in [-0.05, 0) is 31.9 Å². The second-order valence-electron chi connectivity index (χ2n) is 4.74. The van der Waals surface area contributed by atoms with E-state index in [0.29, 0.717) is 12.6 Å². The molecule has 0 bridgehead atoms. The molecule has 0 unspecified atom stereocenters. The first-order chi connectivity index (χ1) is 9.35. The molecule has 19 heavy (non-hydrogen) atoms. The normalized spacial score (nSPS) is 14.6. The quantitative estimate of drug-likeness (QED) is 0.860. The zero-order valence-corrected chi connectivity index (χ0v) is 11.0. The van der Waals surface area contributed by atoms with Crippen molar-refractivity contribution in [2.45, 2.75) is 32.4 Å². The van der Waals surface area contributed by atoms with Gasteiger partial charge in [-0.15, -0.1) is 5.10 Å². The molecule has 100 valence electrons. The largest absolute Gasteiger partial charge is 0.494 e. The summed E-state index contributed by atoms with van der Waals surface area (Å²) in [6.07, 6.45) is 4.52. The third kappa shape index (κ3) is 3.12. The van der Waals surface area contributed by atoms with Crippen LogP contribution in [0.4, 0.5) is 0 Å². The fourth-order valence-corrected chi connectivity index (χ4v) is 1.92. The monoisotopic (exact) mass is 258 g/mol. The van der Waals surface area contributed by atoms with Crippen LogP contribution in [-0.4, -0.2) is 27.6 Å². The van der Waals surface area contributed by atoms with Crippen LogP contribution in [0.5, 0.6) is 5.75 Å². The van der Waals surface area contributed by atoms with Crippen molar-refractivity contribution in [1.29, 1.82) is 0 Å². The predicted octanol–water partition coefficient (Wildman–Crippen LogP) is 1.92. The van der Waals surface area contributed by atoms with E-state index in [2.05, 4.69) is 15.6 Å². The minimum atomic E-state index is 0.664. The summed E-state index contributed by atoms with van der Waals surface area (Å²) in [6.45, 7) is 3.43. The summed E-state index contributed by atoms with van der Waals surface area (Å²) >= 11 is 0. The minimum absolute atomic E-state index is 0.664. The first-order valence-electron chi connectivity index (χ1n) is 6.73. The number of nitrogens with one attached hydrogen (secondary N) is 1. The lowest BCUT2D eigenvalue weighted by molar-refractivity contribution is 0.340. The Morgan fingerprint density at radius 1 is 1.42 bits per heavy atom. The molecule has 1 heterocycles. The molecule has 1 saturated carbocycles. The van der Waals surface area contributed by atoms with Crippen molar-refractivity contribution >= 4 is 0 Å². The number of ether oxygens (including phenoxy) is 1. The Bertz CT molecular complexity index is 548. The Morgan fingerprint density at radius 3 is 3.11 bits per heavy atom. The van der Waals surface area contributed by atoms with Crippen LogP contribution in [0.2, 0.25) is 0 Å². The van der Waals surface area contributed by atoms with Crippen LogP contribution in [-0.2, 0) is 6.54 Å². The Kier molecular flexibility index (Phi) is 3.46. The first-order valence-corrected chi connectivity index (χ1v) is 6.73. The van der Waals surface area contributed by atoms with E-state index in [0.717, 1.165) is 23.7 Å². The van der Waals surface area contributed by atoms with Gasteiger partial charge < -0.3 is 10.1 Å². The van der Waals surface area contributed by atoms with Gasteiger partial charge in [-0.3, -0.25) is 0 Å². The molecule has 1 fully saturated rings. The van der Waals surface area contributed by atoms with E-state index < -0.39 is 0 Å². The number of benzene rings is 1. The molecule has 1 aromatic carbocycles. The fraction of sp³-hybridized carbons (Fsp3) is 0.429. The molecule has 1 aliphatic rings. The van der Waals surface area contributed by atoms with E-state index >= 15 is 0 Å². The Balaban J connectivity index is 1.71. The van der Waals surface area contributed by atoms with Crippen molar-refractivity contribution in [3.8, 4) is 11.4 Å². The van der Waals surface area contributed by atoms with Gasteiger partial charge in [-0.2, -0.15) is 0 Å². The minimum Gasteiger partial charge on any atom is -0.494 e. The van der Waals surface area contributed by atoms with Crippen LogP contribution in [0.25, 0.3) is 5.69 Å². The molecule has 0 amide bonds. The molecule has 0 saturated heterocycles. The van der Waals surface area contributed by atoms with Crippen molar-refractivity contribution < 1.29 is 4.74 Å². The van der Waals surface area contributed by atoms with Gasteiger partial charge in [0.05, 0.1) is 24.2 Å². The highest BCUT2D eigenvalue weighted by atomic mass is 16.5. The smallest absolute Gasteiger partial charge is 0.121 e. The lowest BCUT2D eigenvalue weighted by atomic mass is 10.3. The molecule has 2 aromatic rings. The number of hydrogen-bond acceptors (Lipinski definition) is 4. The van der Waals surface area contributed by atoms with Crippen LogP contribution in [0.15, 0.2) is 30.5 Å². The molecule has 0 aliphatic heterocycles. The maximum Gasteiger partial charge on any atom is 0.121 e. The maximum atomic E-state index is 5.49. The fourth-order valence-electron chi connectivity index (χ4n) is 1.92. The molecule has 0 radical (unpaired) electrons. The summed E-state index contributed by atoms with van der Waals surface area (Å²) in [4.78, 5) is 0. The van der Waals surface area contributed by atoms with Crippen molar-refractivity contribution in [1.82, 2.24) is 20.3 Å². The van der Waals surface area contributed by atoms with Crippen molar-refractivity contribution in [2.24, 2.45) is 0 Å². The van der Waals surface area contributed by atoms with Gasteiger partial charge in [0.1, 0.15) is 5.75 Å². The molecule has 1 N–H and O–H groups in total. The highest BCUT2D eigenvalue weighted by Crippen LogP contribution is 2.19. The van der Waals surface area contributed by atoms with Gasteiger partial charge >= 0.3 is 0 Å². The van der Waals surface area contributed by atoms with E-state index in [9.17, 15) is 0 Å². The van der Waals surface area contributed by atoms with Crippen molar-refractivity contribution in [2.75, 3.05) is 6.61 Å². The summed E-state index contributed by atoms with van der Waals surface area (Å²) in [5.41, 5.74) is 1.94. The molecule has 5 nitrogen and oxygen atoms in total. The van der Waals surface area contributed by atoms with Gasteiger partial charge in [-0.25, -0.2) is 4.68 Å². The van der Waals surface area contributed by atoms with Crippen LogP contribution in [0.1, 0.15) is 25.5 Å². The Hall–Kier alpha value is -1.88. The average molecular weight is 258 g/mol. The van der Waals surface area contributed by atoms with E-state index in [1.54, 1.807) is 4.68 Å². The predicted molar refractivity (Wildman–Crippen MR) is 72.4 cm³/mol. The van der Waals surface area contributed by atoms with Gasteiger partial charge in [-0.1, -0.05) is 11.3 Å². The molecular weight excluding hydrogens is 240 g/mol. The molecule has 0 spiro atoms. The lowest BCUT2D eigenvalue weighted by Gasteiger charge is -2.05. The van der Waals surface area contributed by atoms with Crippen LogP contribution < -0.4 is 10.1 Å². The van der Waals surface area contributed by atoms with E-state index in [1.807, 2.05) is 37.4 Å². The molecule has 1 aliphatic carbocycles. The highest BCUT2D eigenvalue weighted by molar-refractivity contribution is 5.38. The number of aromatic nitrogens is 3. The Labute approximate surface area is 112 Å². The van der Waals surface area contributed by atoms with E-state index in [4.69, 9.17) is 4.74 Å². The van der Waals surface area contributed by atoms with E-state index in [-0.39, 0.29) is 0 Å². The number of rotatable bonds is 6. The van der Waals surface area contributed by atoms with Gasteiger partial charge in [0.15, 0.2) is 0 Å². The summed E-state index contributed by atoms with van der Waals surface area (Å²) < 4.78 is 7.27. The maximum absolute atomic E-state index is 5.49. The molecule has 0 atom stereocenters. The third-order valence-electron chi connectivity index (χ3n) is 3.08. The Morgan fingerprint density at radius 2 is 2.32 bits per heavy atom. The molecule has 3 rings (SSSR count). The van der Waals surface area contributed by atoms with Crippen LogP contribution >= 0.6 is 0 Å². The van der Waals surface area contributed by atoms with Crippen LogP contribution in [0.3, 0.4) is 0 Å². The molecular formula is C14H18N4O. The summed E-state index contributed by atoms with van der Waals surface area (Å²) in [7, 11) is 0. The average Bonchev–Trinajstić information content (AvgIpc) is 3.14. The highest BCUT2D eigenvalue weighted by Gasteiger charge is 2.20. The third-order valence-corrected chi connectivity index (χ3v) is 3.08. The zero-order valence-electron chi connectivity index (χ0n) is 11.0. The lowest BCUT2D eigenvalue weighted by Crippen LogP contribution is -2.15.